The molecule has 0 radical (unpaired) electrons. The summed E-state index contributed by atoms with van der Waals surface area (Å²) in [5, 5.41) is 0. The molecule has 1 aliphatic rings. The maximum absolute atomic E-state index is 11.6. The van der Waals surface area contributed by atoms with Gasteiger partial charge in [-0.15, -0.1) is 0 Å². The number of hydrogen-bond acceptors (Lipinski definition) is 3. The molecule has 1 heterocycles. The highest BCUT2D eigenvalue weighted by atomic mass is 16.2. The first-order valence-electron chi connectivity index (χ1n) is 7.08. The number of carbonyl (C=O) groups is 2. The van der Waals surface area contributed by atoms with Crippen molar-refractivity contribution in [2.24, 2.45) is 0 Å². The third kappa shape index (κ3) is 3.18. The van der Waals surface area contributed by atoms with Gasteiger partial charge in [0.15, 0.2) is 5.78 Å². The van der Waals surface area contributed by atoms with Crippen LogP contribution in [0.4, 0.5) is 5.69 Å². The van der Waals surface area contributed by atoms with Crippen LogP contribution in [-0.2, 0) is 11.2 Å². The number of amides is 1. The van der Waals surface area contributed by atoms with Gasteiger partial charge in [0.05, 0.1) is 0 Å². The average molecular weight is 274 g/mol. The molecule has 0 aliphatic carbocycles. The van der Waals surface area contributed by atoms with Crippen molar-refractivity contribution in [3.8, 4) is 0 Å². The number of rotatable bonds is 5. The number of ketones is 1. The molecule has 1 amide bonds. The van der Waals surface area contributed by atoms with Crippen LogP contribution < -0.4 is 4.90 Å². The molecular weight excluding hydrogens is 252 g/mol. The van der Waals surface area contributed by atoms with Crippen LogP contribution in [0.15, 0.2) is 18.2 Å². The first-order valence-corrected chi connectivity index (χ1v) is 7.08. The molecule has 1 aromatic carbocycles. The molecule has 2 rings (SSSR count). The summed E-state index contributed by atoms with van der Waals surface area (Å²) in [4.78, 5) is 26.9. The lowest BCUT2D eigenvalue weighted by molar-refractivity contribution is -0.128. The van der Waals surface area contributed by atoms with Crippen molar-refractivity contribution in [2.45, 2.75) is 26.2 Å². The normalized spacial score (nSPS) is 13.2. The van der Waals surface area contributed by atoms with Crippen molar-refractivity contribution in [3.63, 3.8) is 0 Å². The van der Waals surface area contributed by atoms with Crippen LogP contribution in [0.5, 0.6) is 0 Å². The van der Waals surface area contributed by atoms with Gasteiger partial charge in [0.25, 0.3) is 0 Å². The van der Waals surface area contributed by atoms with Crippen molar-refractivity contribution < 1.29 is 9.59 Å². The van der Waals surface area contributed by atoms with Crippen molar-refractivity contribution in [1.29, 1.82) is 0 Å². The Kier molecular flexibility index (Phi) is 4.42. The van der Waals surface area contributed by atoms with Crippen LogP contribution in [0.25, 0.3) is 0 Å². The number of hydrogen-bond donors (Lipinski definition) is 0. The number of fused-ring (bicyclic) bond motifs is 1. The van der Waals surface area contributed by atoms with E-state index in [1.54, 1.807) is 25.9 Å². The van der Waals surface area contributed by atoms with E-state index in [0.29, 0.717) is 6.42 Å². The standard InChI is InChI=1S/C16H22N2O2/c1-12(19)13-6-7-15-14(11-13)8-10-18(15)9-4-5-16(20)17(2)3/h6-7,11H,4-5,8-10H2,1-3H3. The smallest absolute Gasteiger partial charge is 0.222 e. The number of carbonyl (C=O) groups excluding carboxylic acids is 2. The fraction of sp³-hybridized carbons (Fsp3) is 0.500. The van der Waals surface area contributed by atoms with Crippen molar-refractivity contribution >= 4 is 17.4 Å². The van der Waals surface area contributed by atoms with E-state index in [1.807, 2.05) is 18.2 Å². The summed E-state index contributed by atoms with van der Waals surface area (Å²) in [6, 6.07) is 5.93. The zero-order valence-corrected chi connectivity index (χ0v) is 12.5. The molecule has 0 aromatic heterocycles. The topological polar surface area (TPSA) is 40.6 Å². The Labute approximate surface area is 120 Å². The number of Topliss-reactive ketones (excluding diaryl/α,β-unsaturated/α-hetero) is 1. The molecule has 0 bridgehead atoms. The molecule has 0 atom stereocenters. The van der Waals surface area contributed by atoms with Crippen LogP contribution in [0.2, 0.25) is 0 Å². The molecule has 4 heteroatoms. The summed E-state index contributed by atoms with van der Waals surface area (Å²) in [5.41, 5.74) is 3.25. The highest BCUT2D eigenvalue weighted by molar-refractivity contribution is 5.94. The van der Waals surface area contributed by atoms with Gasteiger partial charge in [-0.05, 0) is 43.5 Å². The summed E-state index contributed by atoms with van der Waals surface area (Å²) >= 11 is 0. The van der Waals surface area contributed by atoms with Crippen LogP contribution in [0, 0.1) is 0 Å². The predicted molar refractivity (Wildman–Crippen MR) is 80.3 cm³/mol. The molecule has 1 aliphatic heterocycles. The van der Waals surface area contributed by atoms with Gasteiger partial charge < -0.3 is 9.80 Å². The Hall–Kier alpha value is -1.84. The van der Waals surface area contributed by atoms with Gasteiger partial charge >= 0.3 is 0 Å². The van der Waals surface area contributed by atoms with Crippen molar-refractivity contribution in [1.82, 2.24) is 4.90 Å². The molecule has 1 aromatic rings. The minimum atomic E-state index is 0.114. The van der Waals surface area contributed by atoms with E-state index < -0.39 is 0 Å². The highest BCUT2D eigenvalue weighted by Gasteiger charge is 2.19. The second kappa shape index (κ2) is 6.07. The molecule has 0 unspecified atom stereocenters. The van der Waals surface area contributed by atoms with Gasteiger partial charge in [0.1, 0.15) is 0 Å². The summed E-state index contributed by atoms with van der Waals surface area (Å²) in [5.74, 6) is 0.291. The fourth-order valence-corrected chi connectivity index (χ4v) is 2.57. The molecule has 0 N–H and O–H groups in total. The molecule has 108 valence electrons. The quantitative estimate of drug-likeness (QED) is 0.772. The number of nitrogens with zero attached hydrogens (tertiary/aromatic N) is 2. The number of anilines is 1. The van der Waals surface area contributed by atoms with Gasteiger partial charge in [0, 0.05) is 44.9 Å². The van der Waals surface area contributed by atoms with Crippen LogP contribution in [-0.4, -0.2) is 43.8 Å². The zero-order valence-electron chi connectivity index (χ0n) is 12.5. The molecule has 0 spiro atoms. The summed E-state index contributed by atoms with van der Waals surface area (Å²) < 4.78 is 0. The minimum Gasteiger partial charge on any atom is -0.371 e. The second-order valence-electron chi connectivity index (χ2n) is 5.53. The molecule has 0 saturated carbocycles. The van der Waals surface area contributed by atoms with Gasteiger partial charge in [0.2, 0.25) is 5.91 Å². The molecular formula is C16H22N2O2. The summed E-state index contributed by atoms with van der Waals surface area (Å²) in [6.45, 7) is 3.47. The summed E-state index contributed by atoms with van der Waals surface area (Å²) in [6.07, 6.45) is 2.44. The maximum Gasteiger partial charge on any atom is 0.222 e. The largest absolute Gasteiger partial charge is 0.371 e. The second-order valence-corrected chi connectivity index (χ2v) is 5.53. The average Bonchev–Trinajstić information content (AvgIpc) is 2.81. The molecule has 0 saturated heterocycles. The Morgan fingerprint density at radius 3 is 2.70 bits per heavy atom. The molecule has 0 fully saturated rings. The highest BCUT2D eigenvalue weighted by Crippen LogP contribution is 2.29. The van der Waals surface area contributed by atoms with Crippen LogP contribution >= 0.6 is 0 Å². The first-order chi connectivity index (χ1) is 9.49. The number of benzene rings is 1. The Bertz CT molecular complexity index is 523. The zero-order chi connectivity index (χ0) is 14.7. The van der Waals surface area contributed by atoms with Gasteiger partial charge in [-0.25, -0.2) is 0 Å². The lowest BCUT2D eigenvalue weighted by atomic mass is 10.1. The Morgan fingerprint density at radius 2 is 2.05 bits per heavy atom. The van der Waals surface area contributed by atoms with E-state index >= 15 is 0 Å². The Morgan fingerprint density at radius 1 is 1.30 bits per heavy atom. The van der Waals surface area contributed by atoms with Crippen molar-refractivity contribution in [3.05, 3.63) is 29.3 Å². The van der Waals surface area contributed by atoms with E-state index in [9.17, 15) is 9.59 Å². The first kappa shape index (κ1) is 14.6. The fourth-order valence-electron chi connectivity index (χ4n) is 2.57. The van der Waals surface area contributed by atoms with Crippen molar-refractivity contribution in [2.75, 3.05) is 32.1 Å². The molecule has 20 heavy (non-hydrogen) atoms. The Balaban J connectivity index is 1.95. The summed E-state index contributed by atoms with van der Waals surface area (Å²) in [7, 11) is 3.58. The van der Waals surface area contributed by atoms with Gasteiger partial charge in [-0.3, -0.25) is 9.59 Å². The predicted octanol–water partition coefficient (Wildman–Crippen LogP) is 2.12. The SMILES string of the molecule is CC(=O)c1ccc2c(c1)CCN2CCCC(=O)N(C)C. The lowest BCUT2D eigenvalue weighted by Crippen LogP contribution is -2.25. The van der Waals surface area contributed by atoms with E-state index in [4.69, 9.17) is 0 Å². The molecule has 4 nitrogen and oxygen atoms in total. The van der Waals surface area contributed by atoms with E-state index in [1.165, 1.54) is 11.3 Å². The van der Waals surface area contributed by atoms with E-state index in [0.717, 1.165) is 31.5 Å². The monoisotopic (exact) mass is 274 g/mol. The minimum absolute atomic E-state index is 0.114. The van der Waals surface area contributed by atoms with Gasteiger partial charge in [-0.1, -0.05) is 0 Å². The maximum atomic E-state index is 11.6. The third-order valence-electron chi connectivity index (χ3n) is 3.80. The van der Waals surface area contributed by atoms with E-state index in [2.05, 4.69) is 4.90 Å². The third-order valence-corrected chi connectivity index (χ3v) is 3.80. The van der Waals surface area contributed by atoms with Crippen LogP contribution in [0.1, 0.15) is 35.7 Å². The lowest BCUT2D eigenvalue weighted by Gasteiger charge is -2.20. The van der Waals surface area contributed by atoms with E-state index in [-0.39, 0.29) is 11.7 Å². The van der Waals surface area contributed by atoms with Gasteiger partial charge in [-0.2, -0.15) is 0 Å². The van der Waals surface area contributed by atoms with Crippen LogP contribution in [0.3, 0.4) is 0 Å².